The average Bonchev–Trinajstić information content (AvgIpc) is 2.86. The van der Waals surface area contributed by atoms with E-state index in [1.165, 1.54) is 0 Å². The molecule has 2 aliphatic rings. The van der Waals surface area contributed by atoms with E-state index < -0.39 is 0 Å². The monoisotopic (exact) mass is 434 g/mol. The first-order valence-corrected chi connectivity index (χ1v) is 10.8. The quantitative estimate of drug-likeness (QED) is 0.571. The van der Waals surface area contributed by atoms with Gasteiger partial charge in [0.25, 0.3) is 0 Å². The van der Waals surface area contributed by atoms with E-state index in [0.717, 1.165) is 46.0 Å². The van der Waals surface area contributed by atoms with Crippen LogP contribution in [-0.4, -0.2) is 50.7 Å². The van der Waals surface area contributed by atoms with Gasteiger partial charge in [-0.25, -0.2) is 0 Å². The summed E-state index contributed by atoms with van der Waals surface area (Å²) in [5.41, 5.74) is 2.01. The van der Waals surface area contributed by atoms with E-state index in [4.69, 9.17) is 23.7 Å². The fourth-order valence-corrected chi connectivity index (χ4v) is 3.80. The highest BCUT2D eigenvalue weighted by molar-refractivity contribution is 5.86. The van der Waals surface area contributed by atoms with Crippen LogP contribution in [-0.2, 0) is 11.3 Å². The molecule has 1 N–H and O–H groups in total. The smallest absolute Gasteiger partial charge is 0.161 e. The van der Waals surface area contributed by atoms with E-state index in [9.17, 15) is 0 Å². The lowest BCUT2D eigenvalue weighted by molar-refractivity contribution is 0.0344. The topological polar surface area (TPSA) is 71.1 Å². The number of nitrogens with one attached hydrogen (secondary N) is 1. The summed E-state index contributed by atoms with van der Waals surface area (Å²) in [6.07, 6.45) is 5.84. The number of pyridine rings is 1. The molecule has 0 radical (unpaired) electrons. The van der Waals surface area contributed by atoms with Gasteiger partial charge in [-0.2, -0.15) is 0 Å². The molecule has 7 nitrogen and oxygen atoms in total. The third-order valence-corrected chi connectivity index (χ3v) is 5.53. The third-order valence-electron chi connectivity index (χ3n) is 5.53. The number of rotatable bonds is 7. The van der Waals surface area contributed by atoms with Gasteiger partial charge in [0.2, 0.25) is 0 Å². The van der Waals surface area contributed by atoms with Crippen LogP contribution < -0.4 is 24.3 Å². The normalized spacial score (nSPS) is 19.7. The third kappa shape index (κ3) is 4.64. The fraction of sp³-hybridized carbons (Fsp3) is 0.320. The second-order valence-corrected chi connectivity index (χ2v) is 7.73. The average molecular weight is 434 g/mol. The zero-order valence-corrected chi connectivity index (χ0v) is 18.0. The number of benzene rings is 2. The van der Waals surface area contributed by atoms with Gasteiger partial charge in [0.15, 0.2) is 11.5 Å². The predicted octanol–water partition coefficient (Wildman–Crippen LogP) is 3.51. The Bertz CT molecular complexity index is 1120. The minimum Gasteiger partial charge on any atom is -0.497 e. The maximum atomic E-state index is 6.06. The van der Waals surface area contributed by atoms with Crippen molar-refractivity contribution in [1.82, 2.24) is 10.3 Å². The highest BCUT2D eigenvalue weighted by Gasteiger charge is 2.18. The van der Waals surface area contributed by atoms with Crippen LogP contribution in [0, 0.1) is 0 Å². The van der Waals surface area contributed by atoms with Crippen molar-refractivity contribution in [2.45, 2.75) is 18.7 Å². The van der Waals surface area contributed by atoms with Crippen LogP contribution >= 0.6 is 0 Å². The first kappa shape index (κ1) is 20.6. The Balaban J connectivity index is 1.15. The molecule has 1 aromatic heterocycles. The van der Waals surface area contributed by atoms with Crippen LogP contribution in [0.5, 0.6) is 23.0 Å². The van der Waals surface area contributed by atoms with Gasteiger partial charge in [-0.3, -0.25) is 4.98 Å². The molecule has 7 heteroatoms. The zero-order valence-electron chi connectivity index (χ0n) is 18.0. The van der Waals surface area contributed by atoms with Gasteiger partial charge in [0.05, 0.1) is 19.2 Å². The summed E-state index contributed by atoms with van der Waals surface area (Å²) in [5, 5.41) is 4.43. The Kier molecular flexibility index (Phi) is 6.09. The maximum Gasteiger partial charge on any atom is 0.161 e. The summed E-state index contributed by atoms with van der Waals surface area (Å²) in [6.45, 7) is 2.93. The van der Waals surface area contributed by atoms with Gasteiger partial charge in [-0.1, -0.05) is 18.2 Å². The molecule has 0 bridgehead atoms. The van der Waals surface area contributed by atoms with Crippen LogP contribution in [0.2, 0.25) is 0 Å². The van der Waals surface area contributed by atoms with Crippen molar-refractivity contribution in [2.75, 3.05) is 33.5 Å². The van der Waals surface area contributed by atoms with Crippen molar-refractivity contribution in [1.29, 1.82) is 0 Å². The van der Waals surface area contributed by atoms with Gasteiger partial charge in [0.1, 0.15) is 37.4 Å². The highest BCUT2D eigenvalue weighted by Crippen LogP contribution is 2.31. The second-order valence-electron chi connectivity index (χ2n) is 7.73. The van der Waals surface area contributed by atoms with Crippen LogP contribution in [0.3, 0.4) is 0 Å². The SMILES string of the molecule is COc1ccc2nccc(OCC3C=CC(NCc4ccc5c(c4)OCCO5)CO3)c2c1. The largest absolute Gasteiger partial charge is 0.497 e. The summed E-state index contributed by atoms with van der Waals surface area (Å²) in [7, 11) is 1.65. The van der Waals surface area contributed by atoms with Crippen molar-refractivity contribution < 1.29 is 23.7 Å². The standard InChI is InChI=1S/C25H26N2O5/c1-28-19-5-6-22-21(13-19)23(8-9-26-22)32-16-20-4-3-18(15-31-20)27-14-17-2-7-24-25(12-17)30-11-10-29-24/h2-9,12-13,18,20,27H,10-11,14-16H2,1H3. The molecule has 0 saturated carbocycles. The van der Waals surface area contributed by atoms with E-state index in [0.29, 0.717) is 26.4 Å². The Morgan fingerprint density at radius 3 is 2.78 bits per heavy atom. The summed E-state index contributed by atoms with van der Waals surface area (Å²) in [6, 6.07) is 13.8. The molecule has 3 heterocycles. The molecular formula is C25H26N2O5. The number of nitrogens with zero attached hydrogens (tertiary/aromatic N) is 1. The molecule has 2 aliphatic heterocycles. The molecule has 0 spiro atoms. The number of ether oxygens (including phenoxy) is 5. The molecule has 3 aromatic rings. The van der Waals surface area contributed by atoms with Crippen LogP contribution in [0.4, 0.5) is 0 Å². The number of aromatic nitrogens is 1. The van der Waals surface area contributed by atoms with E-state index in [2.05, 4.69) is 28.5 Å². The minimum absolute atomic E-state index is 0.101. The van der Waals surface area contributed by atoms with Gasteiger partial charge in [0, 0.05) is 24.2 Å². The Morgan fingerprint density at radius 1 is 1.03 bits per heavy atom. The first-order valence-electron chi connectivity index (χ1n) is 10.8. The number of hydrogen-bond donors (Lipinski definition) is 1. The van der Waals surface area contributed by atoms with Crippen molar-refractivity contribution in [3.8, 4) is 23.0 Å². The molecule has 2 aromatic carbocycles. The van der Waals surface area contributed by atoms with E-state index in [1.807, 2.05) is 36.4 Å². The van der Waals surface area contributed by atoms with Gasteiger partial charge in [-0.15, -0.1) is 0 Å². The molecule has 166 valence electrons. The Hall–Kier alpha value is -3.29. The lowest BCUT2D eigenvalue weighted by atomic mass is 10.1. The van der Waals surface area contributed by atoms with Gasteiger partial charge in [-0.05, 0) is 42.0 Å². The fourth-order valence-electron chi connectivity index (χ4n) is 3.80. The van der Waals surface area contributed by atoms with Crippen molar-refractivity contribution in [3.63, 3.8) is 0 Å². The summed E-state index contributed by atoms with van der Waals surface area (Å²) >= 11 is 0. The molecule has 0 aliphatic carbocycles. The molecule has 32 heavy (non-hydrogen) atoms. The highest BCUT2D eigenvalue weighted by atomic mass is 16.6. The molecule has 5 rings (SSSR count). The molecule has 0 fully saturated rings. The summed E-state index contributed by atoms with van der Waals surface area (Å²) in [5.74, 6) is 3.16. The molecule has 2 unspecified atom stereocenters. The maximum absolute atomic E-state index is 6.06. The predicted molar refractivity (Wildman–Crippen MR) is 121 cm³/mol. The summed E-state index contributed by atoms with van der Waals surface area (Å²) in [4.78, 5) is 4.39. The van der Waals surface area contributed by atoms with E-state index >= 15 is 0 Å². The van der Waals surface area contributed by atoms with Crippen molar-refractivity contribution in [2.24, 2.45) is 0 Å². The molecule has 2 atom stereocenters. The second kappa shape index (κ2) is 9.46. The minimum atomic E-state index is -0.101. The lowest BCUT2D eigenvalue weighted by Crippen LogP contribution is -2.37. The summed E-state index contributed by atoms with van der Waals surface area (Å²) < 4.78 is 28.6. The number of methoxy groups -OCH3 is 1. The Morgan fingerprint density at radius 2 is 1.94 bits per heavy atom. The van der Waals surface area contributed by atoms with Crippen LogP contribution in [0.1, 0.15) is 5.56 Å². The molecule has 0 amide bonds. The van der Waals surface area contributed by atoms with Gasteiger partial charge < -0.3 is 29.0 Å². The van der Waals surface area contributed by atoms with E-state index in [-0.39, 0.29) is 12.1 Å². The van der Waals surface area contributed by atoms with Crippen molar-refractivity contribution >= 4 is 10.9 Å². The molecular weight excluding hydrogens is 408 g/mol. The molecule has 0 saturated heterocycles. The number of fused-ring (bicyclic) bond motifs is 2. The van der Waals surface area contributed by atoms with Crippen molar-refractivity contribution in [3.05, 3.63) is 66.4 Å². The number of hydrogen-bond acceptors (Lipinski definition) is 7. The van der Waals surface area contributed by atoms with Crippen LogP contribution in [0.15, 0.2) is 60.8 Å². The van der Waals surface area contributed by atoms with Gasteiger partial charge >= 0.3 is 0 Å². The lowest BCUT2D eigenvalue weighted by Gasteiger charge is -2.25. The zero-order chi connectivity index (χ0) is 21.8. The van der Waals surface area contributed by atoms with E-state index in [1.54, 1.807) is 13.3 Å². The first-order chi connectivity index (χ1) is 15.8. The Labute approximate surface area is 186 Å². The van der Waals surface area contributed by atoms with Crippen LogP contribution in [0.25, 0.3) is 10.9 Å².